The molecule has 1 aliphatic carbocycles. The molecule has 22 heavy (non-hydrogen) atoms. The molecule has 0 bridgehead atoms. The third-order valence-electron chi connectivity index (χ3n) is 4.17. The summed E-state index contributed by atoms with van der Waals surface area (Å²) in [7, 11) is 0. The molecule has 0 saturated heterocycles. The number of ether oxygens (including phenoxy) is 1. The number of amides is 1. The summed E-state index contributed by atoms with van der Waals surface area (Å²) in [5.74, 6) is 1.16. The molecule has 1 saturated carbocycles. The van der Waals surface area contributed by atoms with Crippen LogP contribution in [0.15, 0.2) is 18.2 Å². The highest BCUT2D eigenvalue weighted by molar-refractivity contribution is 5.95. The van der Waals surface area contributed by atoms with Gasteiger partial charge < -0.3 is 15.8 Å². The van der Waals surface area contributed by atoms with E-state index in [1.54, 1.807) is 18.2 Å². The fraction of sp³-hybridized carbons (Fsp3) is 0.611. The lowest BCUT2D eigenvalue weighted by Crippen LogP contribution is -2.36. The molecule has 1 aromatic carbocycles. The van der Waals surface area contributed by atoms with E-state index in [1.165, 1.54) is 19.3 Å². The Bertz CT molecular complexity index is 494. The van der Waals surface area contributed by atoms with Crippen LogP contribution in [0.25, 0.3) is 0 Å². The molecule has 3 N–H and O–H groups in total. The highest BCUT2D eigenvalue weighted by Gasteiger charge is 2.17. The monoisotopic (exact) mass is 304 g/mol. The summed E-state index contributed by atoms with van der Waals surface area (Å²) in [6.07, 6.45) is 6.82. The zero-order chi connectivity index (χ0) is 15.9. The van der Waals surface area contributed by atoms with Crippen LogP contribution in [0.2, 0.25) is 0 Å². The van der Waals surface area contributed by atoms with Gasteiger partial charge in [-0.3, -0.25) is 4.79 Å². The van der Waals surface area contributed by atoms with Crippen LogP contribution in [-0.2, 0) is 0 Å². The van der Waals surface area contributed by atoms with Crippen molar-refractivity contribution in [1.29, 1.82) is 0 Å². The Morgan fingerprint density at radius 2 is 2.05 bits per heavy atom. The summed E-state index contributed by atoms with van der Waals surface area (Å²) in [5.41, 5.74) is 7.14. The van der Waals surface area contributed by atoms with Gasteiger partial charge in [0, 0.05) is 11.6 Å². The number of nitrogen functional groups attached to an aromatic ring is 1. The van der Waals surface area contributed by atoms with Crippen LogP contribution in [0.4, 0.5) is 5.69 Å². The smallest absolute Gasteiger partial charge is 0.251 e. The summed E-state index contributed by atoms with van der Waals surface area (Å²) in [4.78, 5) is 12.4. The number of nitrogens with two attached hydrogens (primary N) is 1. The SMILES string of the molecule is CC(C)CCOc1cc(C(=O)NC2CCCCC2)ccc1N. The highest BCUT2D eigenvalue weighted by atomic mass is 16.5. The van der Waals surface area contributed by atoms with Crippen molar-refractivity contribution in [3.05, 3.63) is 23.8 Å². The van der Waals surface area contributed by atoms with Crippen molar-refractivity contribution in [2.75, 3.05) is 12.3 Å². The predicted molar refractivity (Wildman–Crippen MR) is 90.1 cm³/mol. The Labute approximate surface area is 133 Å². The van der Waals surface area contributed by atoms with Gasteiger partial charge in [-0.25, -0.2) is 0 Å². The maximum absolute atomic E-state index is 12.4. The molecule has 0 unspecified atom stereocenters. The number of rotatable bonds is 6. The Morgan fingerprint density at radius 1 is 1.32 bits per heavy atom. The Balaban J connectivity index is 1.96. The summed E-state index contributed by atoms with van der Waals surface area (Å²) >= 11 is 0. The fourth-order valence-corrected chi connectivity index (χ4v) is 2.72. The Kier molecular flexibility index (Phi) is 6.10. The van der Waals surface area contributed by atoms with Crippen molar-refractivity contribution in [1.82, 2.24) is 5.32 Å². The minimum Gasteiger partial charge on any atom is -0.491 e. The van der Waals surface area contributed by atoms with Crippen LogP contribution in [0, 0.1) is 5.92 Å². The minimum atomic E-state index is -0.0272. The molecule has 0 radical (unpaired) electrons. The zero-order valence-electron chi connectivity index (χ0n) is 13.7. The molecule has 1 amide bonds. The summed E-state index contributed by atoms with van der Waals surface area (Å²) < 4.78 is 5.72. The molecular weight excluding hydrogens is 276 g/mol. The summed E-state index contributed by atoms with van der Waals surface area (Å²) in [6, 6.07) is 5.58. The van der Waals surface area contributed by atoms with Crippen molar-refractivity contribution < 1.29 is 9.53 Å². The maximum atomic E-state index is 12.4. The van der Waals surface area contributed by atoms with Crippen molar-refractivity contribution in [3.63, 3.8) is 0 Å². The number of anilines is 1. The minimum absolute atomic E-state index is 0.0272. The normalized spacial score (nSPS) is 15.8. The number of carbonyl (C=O) groups is 1. The first kappa shape index (κ1) is 16.7. The molecule has 0 aromatic heterocycles. The molecule has 1 fully saturated rings. The predicted octanol–water partition coefficient (Wildman–Crippen LogP) is 3.76. The second-order valence-corrected chi connectivity index (χ2v) is 6.59. The number of hydrogen-bond acceptors (Lipinski definition) is 3. The lowest BCUT2D eigenvalue weighted by Gasteiger charge is -2.23. The fourth-order valence-electron chi connectivity index (χ4n) is 2.72. The third-order valence-corrected chi connectivity index (χ3v) is 4.17. The van der Waals surface area contributed by atoms with Crippen LogP contribution in [0.3, 0.4) is 0 Å². The van der Waals surface area contributed by atoms with Gasteiger partial charge in [-0.1, -0.05) is 33.1 Å². The maximum Gasteiger partial charge on any atom is 0.251 e. The van der Waals surface area contributed by atoms with Crippen LogP contribution in [-0.4, -0.2) is 18.6 Å². The van der Waals surface area contributed by atoms with E-state index < -0.39 is 0 Å². The summed E-state index contributed by atoms with van der Waals surface area (Å²) in [5, 5.41) is 3.12. The third kappa shape index (κ3) is 4.93. The molecule has 2 rings (SSSR count). The van der Waals surface area contributed by atoms with E-state index in [2.05, 4.69) is 19.2 Å². The molecule has 0 heterocycles. The highest BCUT2D eigenvalue weighted by Crippen LogP contribution is 2.24. The quantitative estimate of drug-likeness (QED) is 0.787. The first-order valence-corrected chi connectivity index (χ1v) is 8.39. The lowest BCUT2D eigenvalue weighted by atomic mass is 9.95. The molecule has 4 nitrogen and oxygen atoms in total. The van der Waals surface area contributed by atoms with Gasteiger partial charge >= 0.3 is 0 Å². The van der Waals surface area contributed by atoms with Crippen LogP contribution < -0.4 is 15.8 Å². The van der Waals surface area contributed by atoms with Gasteiger partial charge in [0.15, 0.2) is 0 Å². The van der Waals surface area contributed by atoms with E-state index in [4.69, 9.17) is 10.5 Å². The number of benzene rings is 1. The number of carbonyl (C=O) groups excluding carboxylic acids is 1. The first-order valence-electron chi connectivity index (χ1n) is 8.39. The topological polar surface area (TPSA) is 64.3 Å². The second-order valence-electron chi connectivity index (χ2n) is 6.59. The van der Waals surface area contributed by atoms with Gasteiger partial charge in [0.05, 0.1) is 12.3 Å². The Morgan fingerprint density at radius 3 is 2.73 bits per heavy atom. The van der Waals surface area contributed by atoms with Crippen LogP contribution in [0.1, 0.15) is 62.7 Å². The lowest BCUT2D eigenvalue weighted by molar-refractivity contribution is 0.0927. The van der Waals surface area contributed by atoms with Crippen molar-refractivity contribution in [3.8, 4) is 5.75 Å². The van der Waals surface area contributed by atoms with Gasteiger partial charge in [0.1, 0.15) is 5.75 Å². The van der Waals surface area contributed by atoms with Crippen LogP contribution >= 0.6 is 0 Å². The van der Waals surface area contributed by atoms with E-state index in [9.17, 15) is 4.79 Å². The van der Waals surface area contributed by atoms with E-state index in [1.807, 2.05) is 0 Å². The van der Waals surface area contributed by atoms with Crippen molar-refractivity contribution in [2.45, 2.75) is 58.4 Å². The molecule has 0 spiro atoms. The van der Waals surface area contributed by atoms with E-state index in [-0.39, 0.29) is 5.91 Å². The average molecular weight is 304 g/mol. The van der Waals surface area contributed by atoms with E-state index in [0.717, 1.165) is 19.3 Å². The molecular formula is C18H28N2O2. The molecule has 122 valence electrons. The number of hydrogen-bond donors (Lipinski definition) is 2. The van der Waals surface area contributed by atoms with Gasteiger partial charge in [-0.15, -0.1) is 0 Å². The first-order chi connectivity index (χ1) is 10.6. The standard InChI is InChI=1S/C18H28N2O2/c1-13(2)10-11-22-17-12-14(8-9-16(17)19)18(21)20-15-6-4-3-5-7-15/h8-9,12-13,15H,3-7,10-11,19H2,1-2H3,(H,20,21). The zero-order valence-corrected chi connectivity index (χ0v) is 13.7. The Hall–Kier alpha value is -1.71. The largest absolute Gasteiger partial charge is 0.491 e. The second kappa shape index (κ2) is 8.06. The number of nitrogens with one attached hydrogen (secondary N) is 1. The van der Waals surface area contributed by atoms with Crippen molar-refractivity contribution in [2.24, 2.45) is 5.92 Å². The van der Waals surface area contributed by atoms with Gasteiger partial charge in [-0.05, 0) is 43.4 Å². The molecule has 1 aliphatic rings. The van der Waals surface area contributed by atoms with E-state index >= 15 is 0 Å². The molecule has 1 aromatic rings. The average Bonchev–Trinajstić information content (AvgIpc) is 2.49. The molecule has 0 aliphatic heterocycles. The van der Waals surface area contributed by atoms with Crippen molar-refractivity contribution >= 4 is 11.6 Å². The van der Waals surface area contributed by atoms with E-state index in [0.29, 0.717) is 35.6 Å². The summed E-state index contributed by atoms with van der Waals surface area (Å²) in [6.45, 7) is 4.93. The molecule has 0 atom stereocenters. The molecule has 4 heteroatoms. The van der Waals surface area contributed by atoms with Gasteiger partial charge in [0.25, 0.3) is 5.91 Å². The van der Waals surface area contributed by atoms with Crippen LogP contribution in [0.5, 0.6) is 5.75 Å². The van der Waals surface area contributed by atoms with Gasteiger partial charge in [-0.2, -0.15) is 0 Å². The van der Waals surface area contributed by atoms with Gasteiger partial charge in [0.2, 0.25) is 0 Å².